The van der Waals surface area contributed by atoms with Gasteiger partial charge in [0, 0.05) is 23.4 Å². The quantitative estimate of drug-likeness (QED) is 0.698. The van der Waals surface area contributed by atoms with Gasteiger partial charge in [-0.3, -0.25) is 0 Å². The first kappa shape index (κ1) is 8.66. The molecule has 2 aliphatic heterocycles. The van der Waals surface area contributed by atoms with Gasteiger partial charge in [0.15, 0.2) is 0 Å². The number of thioether (sulfide) groups is 1. The standard InChI is InChI=1S/C12H15NS/c1-8-2-3-11-9(6-8)10-7-14-5-4-12(10)13-11/h2-3,6,10,12-13H,4-5,7H2,1H3. The van der Waals surface area contributed by atoms with Crippen molar-refractivity contribution in [2.24, 2.45) is 0 Å². The number of anilines is 1. The molecule has 1 saturated heterocycles. The second-order valence-corrected chi connectivity index (χ2v) is 5.46. The first-order chi connectivity index (χ1) is 6.84. The number of fused-ring (bicyclic) bond motifs is 3. The summed E-state index contributed by atoms with van der Waals surface area (Å²) in [6.45, 7) is 2.18. The number of hydrogen-bond acceptors (Lipinski definition) is 2. The van der Waals surface area contributed by atoms with Crippen molar-refractivity contribution in [3.63, 3.8) is 0 Å². The van der Waals surface area contributed by atoms with Crippen LogP contribution in [0.2, 0.25) is 0 Å². The van der Waals surface area contributed by atoms with Crippen molar-refractivity contribution in [2.45, 2.75) is 25.3 Å². The fraction of sp³-hybridized carbons (Fsp3) is 0.500. The van der Waals surface area contributed by atoms with Crippen LogP contribution in [0.3, 0.4) is 0 Å². The average molecular weight is 205 g/mol. The van der Waals surface area contributed by atoms with Gasteiger partial charge in [0.1, 0.15) is 0 Å². The fourth-order valence-electron chi connectivity index (χ4n) is 2.54. The van der Waals surface area contributed by atoms with Gasteiger partial charge in [0.2, 0.25) is 0 Å². The highest BCUT2D eigenvalue weighted by Crippen LogP contribution is 2.42. The van der Waals surface area contributed by atoms with Gasteiger partial charge >= 0.3 is 0 Å². The number of benzene rings is 1. The molecule has 1 fully saturated rings. The van der Waals surface area contributed by atoms with Gasteiger partial charge in [0.05, 0.1) is 0 Å². The molecule has 1 nitrogen and oxygen atoms in total. The van der Waals surface area contributed by atoms with Gasteiger partial charge in [-0.25, -0.2) is 0 Å². The van der Waals surface area contributed by atoms with Crippen molar-refractivity contribution in [3.05, 3.63) is 29.3 Å². The van der Waals surface area contributed by atoms with Crippen molar-refractivity contribution in [1.29, 1.82) is 0 Å². The van der Waals surface area contributed by atoms with Crippen LogP contribution in [0.25, 0.3) is 0 Å². The van der Waals surface area contributed by atoms with Gasteiger partial charge in [-0.1, -0.05) is 17.7 Å². The minimum Gasteiger partial charge on any atom is -0.381 e. The summed E-state index contributed by atoms with van der Waals surface area (Å²) >= 11 is 2.10. The summed E-state index contributed by atoms with van der Waals surface area (Å²) in [6.07, 6.45) is 1.32. The summed E-state index contributed by atoms with van der Waals surface area (Å²) in [5, 5.41) is 3.65. The van der Waals surface area contributed by atoms with E-state index in [4.69, 9.17) is 0 Å². The molecule has 0 radical (unpaired) electrons. The molecule has 0 spiro atoms. The highest BCUT2D eigenvalue weighted by Gasteiger charge is 2.33. The van der Waals surface area contributed by atoms with Crippen molar-refractivity contribution in [2.75, 3.05) is 16.8 Å². The molecule has 1 aromatic rings. The first-order valence-corrected chi connectivity index (χ1v) is 6.45. The summed E-state index contributed by atoms with van der Waals surface area (Å²) in [7, 11) is 0. The molecular formula is C12H15NS. The van der Waals surface area contributed by atoms with Crippen LogP contribution in [0.4, 0.5) is 5.69 Å². The monoisotopic (exact) mass is 205 g/mol. The van der Waals surface area contributed by atoms with E-state index in [2.05, 4.69) is 42.2 Å². The predicted molar refractivity (Wildman–Crippen MR) is 63.3 cm³/mol. The second-order valence-electron chi connectivity index (χ2n) is 4.31. The zero-order valence-corrected chi connectivity index (χ0v) is 9.23. The van der Waals surface area contributed by atoms with E-state index in [-0.39, 0.29) is 0 Å². The van der Waals surface area contributed by atoms with Crippen LogP contribution in [-0.4, -0.2) is 17.5 Å². The number of aryl methyl sites for hydroxylation is 1. The molecule has 14 heavy (non-hydrogen) atoms. The SMILES string of the molecule is Cc1ccc2c(c1)C1CSCCC1N2. The Morgan fingerprint density at radius 3 is 3.29 bits per heavy atom. The number of rotatable bonds is 0. The Morgan fingerprint density at radius 1 is 1.43 bits per heavy atom. The third-order valence-corrected chi connectivity index (χ3v) is 4.42. The lowest BCUT2D eigenvalue weighted by Gasteiger charge is -2.24. The molecule has 0 aromatic heterocycles. The fourth-order valence-corrected chi connectivity index (χ4v) is 3.79. The van der Waals surface area contributed by atoms with E-state index in [9.17, 15) is 0 Å². The van der Waals surface area contributed by atoms with Crippen LogP contribution in [-0.2, 0) is 0 Å². The first-order valence-electron chi connectivity index (χ1n) is 5.29. The van der Waals surface area contributed by atoms with Crippen LogP contribution in [0.1, 0.15) is 23.5 Å². The van der Waals surface area contributed by atoms with E-state index in [1.165, 1.54) is 29.2 Å². The Bertz CT molecular complexity index is 361. The molecule has 2 atom stereocenters. The molecule has 2 heterocycles. The van der Waals surface area contributed by atoms with Gasteiger partial charge in [0.25, 0.3) is 0 Å². The van der Waals surface area contributed by atoms with Crippen LogP contribution < -0.4 is 5.32 Å². The maximum Gasteiger partial charge on any atom is 0.0379 e. The number of hydrogen-bond donors (Lipinski definition) is 1. The maximum absolute atomic E-state index is 3.65. The summed E-state index contributed by atoms with van der Waals surface area (Å²) in [5.74, 6) is 3.39. The minimum atomic E-state index is 0.716. The molecule has 0 amide bonds. The van der Waals surface area contributed by atoms with Crippen LogP contribution in [0, 0.1) is 6.92 Å². The van der Waals surface area contributed by atoms with E-state index < -0.39 is 0 Å². The normalized spacial score (nSPS) is 29.2. The number of nitrogens with one attached hydrogen (secondary N) is 1. The van der Waals surface area contributed by atoms with Gasteiger partial charge in [-0.05, 0) is 30.7 Å². The van der Waals surface area contributed by atoms with Crippen molar-refractivity contribution in [3.8, 4) is 0 Å². The lowest BCUT2D eigenvalue weighted by Crippen LogP contribution is -2.26. The summed E-state index contributed by atoms with van der Waals surface area (Å²) in [5.41, 5.74) is 4.33. The molecule has 2 aliphatic rings. The second kappa shape index (κ2) is 3.20. The average Bonchev–Trinajstić information content (AvgIpc) is 2.56. The topological polar surface area (TPSA) is 12.0 Å². The van der Waals surface area contributed by atoms with E-state index in [1.807, 2.05) is 0 Å². The van der Waals surface area contributed by atoms with Gasteiger partial charge in [-0.2, -0.15) is 11.8 Å². The van der Waals surface area contributed by atoms with E-state index in [0.717, 1.165) is 5.92 Å². The Morgan fingerprint density at radius 2 is 2.36 bits per heavy atom. The molecule has 1 N–H and O–H groups in total. The lowest BCUT2D eigenvalue weighted by molar-refractivity contribution is 0.614. The van der Waals surface area contributed by atoms with Gasteiger partial charge < -0.3 is 5.32 Å². The molecule has 2 heteroatoms. The highest BCUT2D eigenvalue weighted by molar-refractivity contribution is 7.99. The molecule has 74 valence electrons. The van der Waals surface area contributed by atoms with E-state index in [1.54, 1.807) is 5.56 Å². The minimum absolute atomic E-state index is 0.716. The predicted octanol–water partition coefficient (Wildman–Crippen LogP) is 3.01. The molecule has 0 bridgehead atoms. The smallest absolute Gasteiger partial charge is 0.0379 e. The maximum atomic E-state index is 3.65. The summed E-state index contributed by atoms with van der Waals surface area (Å²) < 4.78 is 0. The lowest BCUT2D eigenvalue weighted by atomic mass is 9.94. The third-order valence-electron chi connectivity index (χ3n) is 3.30. The van der Waals surface area contributed by atoms with Crippen molar-refractivity contribution < 1.29 is 0 Å². The Kier molecular flexibility index (Phi) is 1.98. The largest absolute Gasteiger partial charge is 0.381 e. The van der Waals surface area contributed by atoms with Gasteiger partial charge in [-0.15, -0.1) is 0 Å². The Hall–Kier alpha value is -0.630. The van der Waals surface area contributed by atoms with E-state index in [0.29, 0.717) is 6.04 Å². The van der Waals surface area contributed by atoms with Crippen molar-refractivity contribution in [1.82, 2.24) is 0 Å². The zero-order chi connectivity index (χ0) is 9.54. The molecule has 0 aliphatic carbocycles. The highest BCUT2D eigenvalue weighted by atomic mass is 32.2. The molecular weight excluding hydrogens is 190 g/mol. The van der Waals surface area contributed by atoms with Crippen molar-refractivity contribution >= 4 is 17.4 Å². The Labute approximate surface area is 89.3 Å². The van der Waals surface area contributed by atoms with Crippen LogP contribution in [0.15, 0.2) is 18.2 Å². The van der Waals surface area contributed by atoms with Crippen LogP contribution in [0.5, 0.6) is 0 Å². The third kappa shape index (κ3) is 1.24. The Balaban J connectivity index is 2.02. The molecule has 3 rings (SSSR count). The molecule has 0 saturated carbocycles. The molecule has 2 unspecified atom stereocenters. The molecule has 1 aromatic carbocycles. The van der Waals surface area contributed by atoms with E-state index >= 15 is 0 Å². The van der Waals surface area contributed by atoms with Crippen LogP contribution >= 0.6 is 11.8 Å². The summed E-state index contributed by atoms with van der Waals surface area (Å²) in [4.78, 5) is 0. The summed E-state index contributed by atoms with van der Waals surface area (Å²) in [6, 6.07) is 7.52. The zero-order valence-electron chi connectivity index (χ0n) is 8.42.